The summed E-state index contributed by atoms with van der Waals surface area (Å²) in [7, 11) is 0. The van der Waals surface area contributed by atoms with Crippen molar-refractivity contribution in [1.82, 2.24) is 15.0 Å². The first kappa shape index (κ1) is 14.6. The van der Waals surface area contributed by atoms with Crippen molar-refractivity contribution in [3.63, 3.8) is 0 Å². The molecule has 3 rings (SSSR count). The minimum absolute atomic E-state index is 0.542. The predicted molar refractivity (Wildman–Crippen MR) is 94.9 cm³/mol. The third-order valence-electron chi connectivity index (χ3n) is 2.86. The van der Waals surface area contributed by atoms with Crippen molar-refractivity contribution in [2.24, 2.45) is 0 Å². The first-order chi connectivity index (χ1) is 10.7. The Balaban J connectivity index is 1.79. The number of aryl methyl sites for hydroxylation is 1. The Morgan fingerprint density at radius 3 is 2.55 bits per heavy atom. The molecule has 1 aromatic carbocycles. The zero-order chi connectivity index (χ0) is 15.4. The molecule has 0 amide bonds. The van der Waals surface area contributed by atoms with Gasteiger partial charge in [-0.25, -0.2) is 15.0 Å². The van der Waals surface area contributed by atoms with Gasteiger partial charge in [-0.2, -0.15) is 0 Å². The van der Waals surface area contributed by atoms with Crippen molar-refractivity contribution < 1.29 is 0 Å². The molecule has 0 radical (unpaired) electrons. The van der Waals surface area contributed by atoms with Crippen LogP contribution in [0.4, 0.5) is 17.3 Å². The number of anilines is 3. The van der Waals surface area contributed by atoms with Gasteiger partial charge in [0.15, 0.2) is 0 Å². The van der Waals surface area contributed by atoms with Gasteiger partial charge in [-0.15, -0.1) is 11.3 Å². The number of hydrogen-bond acceptors (Lipinski definition) is 6. The molecule has 0 spiro atoms. The summed E-state index contributed by atoms with van der Waals surface area (Å²) in [5.41, 5.74) is 4.14. The van der Waals surface area contributed by atoms with E-state index in [0.29, 0.717) is 5.95 Å². The summed E-state index contributed by atoms with van der Waals surface area (Å²) in [5, 5.41) is 7.03. The Morgan fingerprint density at radius 2 is 1.86 bits per heavy atom. The van der Waals surface area contributed by atoms with Gasteiger partial charge >= 0.3 is 0 Å². The van der Waals surface area contributed by atoms with Crippen LogP contribution in [0.25, 0.3) is 10.7 Å². The molecule has 2 aromatic heterocycles. The van der Waals surface area contributed by atoms with Crippen LogP contribution in [-0.2, 0) is 0 Å². The van der Waals surface area contributed by atoms with Crippen molar-refractivity contribution in [2.45, 2.75) is 6.92 Å². The maximum Gasteiger partial charge on any atom is 0.227 e. The zero-order valence-corrected chi connectivity index (χ0v) is 13.4. The summed E-state index contributed by atoms with van der Waals surface area (Å²) in [6.45, 7) is 2.03. The van der Waals surface area contributed by atoms with E-state index in [9.17, 15) is 0 Å². The highest BCUT2D eigenvalue weighted by atomic mass is 32.1. The van der Waals surface area contributed by atoms with Crippen LogP contribution in [0.2, 0.25) is 0 Å². The maximum absolute atomic E-state index is 4.76. The Labute approximate surface area is 137 Å². The highest BCUT2D eigenvalue weighted by molar-refractivity contribution is 7.79. The number of benzene rings is 1. The Kier molecular flexibility index (Phi) is 4.36. The van der Waals surface area contributed by atoms with Gasteiger partial charge in [-0.05, 0) is 37.3 Å². The lowest BCUT2D eigenvalue weighted by molar-refractivity contribution is 1.16. The van der Waals surface area contributed by atoms with Crippen LogP contribution in [0.15, 0.2) is 42.7 Å². The molecule has 3 aromatic rings. The Morgan fingerprint density at radius 1 is 1.09 bits per heavy atom. The third kappa shape index (κ3) is 3.44. The standard InChI is InChI=1S/C15H13N5S2/c1-10-8-17-14(22-10)13-6-7-16-15(20-13)19-12-4-2-11(3-5-12)18-9-21/h2-9H,1H3,(H,18,21)(H,16,19,20). The minimum Gasteiger partial charge on any atom is -0.353 e. The minimum atomic E-state index is 0.542. The molecule has 22 heavy (non-hydrogen) atoms. The Hall–Kier alpha value is -2.38. The monoisotopic (exact) mass is 327 g/mol. The summed E-state index contributed by atoms with van der Waals surface area (Å²) in [6.07, 6.45) is 3.57. The lowest BCUT2D eigenvalue weighted by Gasteiger charge is -2.06. The molecule has 110 valence electrons. The molecule has 2 N–H and O–H groups in total. The van der Waals surface area contributed by atoms with Crippen LogP contribution in [0, 0.1) is 6.92 Å². The average molecular weight is 327 g/mol. The molecule has 0 aliphatic heterocycles. The van der Waals surface area contributed by atoms with E-state index in [1.54, 1.807) is 17.5 Å². The molecule has 2 heterocycles. The average Bonchev–Trinajstić information content (AvgIpc) is 2.97. The maximum atomic E-state index is 4.76. The number of nitrogens with one attached hydrogen (secondary N) is 2. The highest BCUT2D eigenvalue weighted by Crippen LogP contribution is 2.24. The predicted octanol–water partition coefficient (Wildman–Crippen LogP) is 4.02. The molecule has 0 saturated heterocycles. The lowest BCUT2D eigenvalue weighted by Crippen LogP contribution is -1.98. The van der Waals surface area contributed by atoms with Gasteiger partial charge in [0.1, 0.15) is 10.7 Å². The van der Waals surface area contributed by atoms with Crippen LogP contribution in [0.1, 0.15) is 4.88 Å². The molecule has 0 aliphatic rings. The van der Waals surface area contributed by atoms with Gasteiger partial charge in [0.25, 0.3) is 0 Å². The van der Waals surface area contributed by atoms with E-state index in [4.69, 9.17) is 12.2 Å². The smallest absolute Gasteiger partial charge is 0.227 e. The van der Waals surface area contributed by atoms with Gasteiger partial charge in [0.2, 0.25) is 5.95 Å². The van der Waals surface area contributed by atoms with E-state index in [1.807, 2.05) is 43.5 Å². The van der Waals surface area contributed by atoms with Crippen molar-refractivity contribution in [3.05, 3.63) is 47.6 Å². The summed E-state index contributed by atoms with van der Waals surface area (Å²) in [5.74, 6) is 0.542. The number of thiocarbonyl (C=S) groups is 1. The van der Waals surface area contributed by atoms with E-state index in [2.05, 4.69) is 25.6 Å². The van der Waals surface area contributed by atoms with Gasteiger partial charge in [-0.1, -0.05) is 12.2 Å². The lowest BCUT2D eigenvalue weighted by atomic mass is 10.3. The quantitative estimate of drug-likeness (QED) is 0.690. The van der Waals surface area contributed by atoms with E-state index >= 15 is 0 Å². The largest absolute Gasteiger partial charge is 0.353 e. The number of aromatic nitrogens is 3. The van der Waals surface area contributed by atoms with Crippen LogP contribution in [-0.4, -0.2) is 20.4 Å². The van der Waals surface area contributed by atoms with Crippen molar-refractivity contribution in [3.8, 4) is 10.7 Å². The summed E-state index contributed by atoms with van der Waals surface area (Å²) >= 11 is 6.37. The van der Waals surface area contributed by atoms with Gasteiger partial charge < -0.3 is 10.6 Å². The van der Waals surface area contributed by atoms with Crippen LogP contribution in [0.5, 0.6) is 0 Å². The molecule has 0 saturated carbocycles. The molecule has 0 atom stereocenters. The van der Waals surface area contributed by atoms with Gasteiger partial charge in [0, 0.05) is 28.6 Å². The first-order valence-electron chi connectivity index (χ1n) is 6.58. The Bertz CT molecular complexity index is 783. The normalized spacial score (nSPS) is 10.2. The number of hydrogen-bond donors (Lipinski definition) is 2. The van der Waals surface area contributed by atoms with Gasteiger partial charge in [-0.3, -0.25) is 0 Å². The molecular formula is C15H13N5S2. The number of nitrogens with zero attached hydrogens (tertiary/aromatic N) is 3. The first-order valence-corrected chi connectivity index (χ1v) is 7.86. The number of thiazole rings is 1. The highest BCUT2D eigenvalue weighted by Gasteiger charge is 2.06. The summed E-state index contributed by atoms with van der Waals surface area (Å²) < 4.78 is 0. The fourth-order valence-electron chi connectivity index (χ4n) is 1.86. The third-order valence-corrected chi connectivity index (χ3v) is 3.92. The van der Waals surface area contributed by atoms with Crippen LogP contribution >= 0.6 is 23.6 Å². The van der Waals surface area contributed by atoms with E-state index < -0.39 is 0 Å². The second-order valence-electron chi connectivity index (χ2n) is 4.51. The summed E-state index contributed by atoms with van der Waals surface area (Å²) in [4.78, 5) is 14.2. The topological polar surface area (TPSA) is 62.7 Å². The fourth-order valence-corrected chi connectivity index (χ4v) is 2.73. The van der Waals surface area contributed by atoms with E-state index in [-0.39, 0.29) is 0 Å². The van der Waals surface area contributed by atoms with Crippen molar-refractivity contribution >= 4 is 46.4 Å². The molecule has 0 unspecified atom stereocenters. The second-order valence-corrected chi connectivity index (χ2v) is 5.98. The molecule has 0 fully saturated rings. The van der Waals surface area contributed by atoms with Crippen molar-refractivity contribution in [2.75, 3.05) is 10.6 Å². The van der Waals surface area contributed by atoms with Gasteiger partial charge in [0.05, 0.1) is 5.49 Å². The molecule has 0 aliphatic carbocycles. The van der Waals surface area contributed by atoms with Crippen LogP contribution in [0.3, 0.4) is 0 Å². The summed E-state index contributed by atoms with van der Waals surface area (Å²) in [6, 6.07) is 9.59. The molecule has 7 heteroatoms. The van der Waals surface area contributed by atoms with E-state index in [0.717, 1.165) is 27.0 Å². The molecule has 0 bridgehead atoms. The van der Waals surface area contributed by atoms with Crippen molar-refractivity contribution in [1.29, 1.82) is 0 Å². The molecular weight excluding hydrogens is 314 g/mol. The second kappa shape index (κ2) is 6.59. The molecule has 5 nitrogen and oxygen atoms in total. The SMILES string of the molecule is Cc1cnc(-c2ccnc(Nc3ccc(NC=S)cc3)n2)s1. The van der Waals surface area contributed by atoms with E-state index in [1.165, 1.54) is 5.49 Å². The zero-order valence-electron chi connectivity index (χ0n) is 11.8. The van der Waals surface area contributed by atoms with Crippen LogP contribution < -0.4 is 10.6 Å². The fraction of sp³-hybridized carbons (Fsp3) is 0.0667. The number of rotatable bonds is 5.